The van der Waals surface area contributed by atoms with Crippen molar-refractivity contribution in [2.24, 2.45) is 0 Å². The van der Waals surface area contributed by atoms with E-state index in [-0.39, 0.29) is 11.6 Å². The summed E-state index contributed by atoms with van der Waals surface area (Å²) in [5.41, 5.74) is 3.69. The molecule has 0 saturated carbocycles. The molecule has 0 radical (unpaired) electrons. The molecule has 1 atom stereocenters. The highest BCUT2D eigenvalue weighted by Gasteiger charge is 2.30. The van der Waals surface area contributed by atoms with Crippen LogP contribution in [0.25, 0.3) is 0 Å². The van der Waals surface area contributed by atoms with Gasteiger partial charge >= 0.3 is 0 Å². The molecule has 0 aliphatic rings. The summed E-state index contributed by atoms with van der Waals surface area (Å²) in [6.45, 7) is 8.61. The van der Waals surface area contributed by atoms with Gasteiger partial charge in [-0.05, 0) is 59.0 Å². The molecule has 0 amide bonds. The van der Waals surface area contributed by atoms with Crippen molar-refractivity contribution in [3.63, 3.8) is 0 Å². The summed E-state index contributed by atoms with van der Waals surface area (Å²) >= 11 is 0. The number of rotatable bonds is 5. The van der Waals surface area contributed by atoms with Crippen LogP contribution in [0.2, 0.25) is 0 Å². The first-order valence-electron chi connectivity index (χ1n) is 6.38. The monoisotopic (exact) mass is 250 g/mol. The average Bonchev–Trinajstić information content (AvgIpc) is 2.33. The van der Waals surface area contributed by atoms with Crippen molar-refractivity contribution in [3.05, 3.63) is 28.8 Å². The van der Waals surface area contributed by atoms with Crippen molar-refractivity contribution in [1.82, 2.24) is 10.6 Å². The molecular formula is C15H26N2O. The lowest BCUT2D eigenvalue weighted by atomic mass is 9.87. The zero-order valence-corrected chi connectivity index (χ0v) is 12.6. The van der Waals surface area contributed by atoms with Gasteiger partial charge in [-0.3, -0.25) is 0 Å². The van der Waals surface area contributed by atoms with Gasteiger partial charge in [0.25, 0.3) is 0 Å². The van der Waals surface area contributed by atoms with E-state index in [2.05, 4.69) is 50.5 Å². The van der Waals surface area contributed by atoms with E-state index >= 15 is 0 Å². The number of hydrogen-bond donors (Lipinski definition) is 2. The van der Waals surface area contributed by atoms with E-state index < -0.39 is 0 Å². The second-order valence-electron chi connectivity index (χ2n) is 5.37. The lowest BCUT2D eigenvalue weighted by molar-refractivity contribution is 0.300. The van der Waals surface area contributed by atoms with E-state index in [4.69, 9.17) is 4.74 Å². The van der Waals surface area contributed by atoms with Crippen LogP contribution in [-0.2, 0) is 0 Å². The van der Waals surface area contributed by atoms with Crippen LogP contribution in [0, 0.1) is 13.8 Å². The number of hydrogen-bond acceptors (Lipinski definition) is 3. The predicted octanol–water partition coefficient (Wildman–Crippen LogP) is 2.57. The maximum atomic E-state index is 5.54. The fraction of sp³-hybridized carbons (Fsp3) is 0.600. The van der Waals surface area contributed by atoms with E-state index in [1.54, 1.807) is 7.11 Å². The number of benzene rings is 1. The molecule has 0 aliphatic heterocycles. The van der Waals surface area contributed by atoms with Crippen LogP contribution in [-0.4, -0.2) is 26.7 Å². The molecule has 3 nitrogen and oxygen atoms in total. The molecule has 1 aromatic rings. The van der Waals surface area contributed by atoms with Gasteiger partial charge in [0.05, 0.1) is 13.2 Å². The molecule has 0 spiro atoms. The maximum absolute atomic E-state index is 5.54. The van der Waals surface area contributed by atoms with E-state index in [1.807, 2.05) is 14.1 Å². The smallest absolute Gasteiger partial charge is 0.123 e. The van der Waals surface area contributed by atoms with Crippen molar-refractivity contribution in [2.45, 2.75) is 39.3 Å². The van der Waals surface area contributed by atoms with Crippen molar-refractivity contribution in [2.75, 3.05) is 21.2 Å². The van der Waals surface area contributed by atoms with E-state index in [1.165, 1.54) is 16.7 Å². The first-order valence-corrected chi connectivity index (χ1v) is 6.38. The van der Waals surface area contributed by atoms with Gasteiger partial charge < -0.3 is 15.4 Å². The number of methoxy groups -OCH3 is 1. The Kier molecular flexibility index (Phi) is 4.77. The van der Waals surface area contributed by atoms with Gasteiger partial charge in [0.15, 0.2) is 0 Å². The SMILES string of the molecule is CNC(c1cc(C)c(C)cc1OC)C(C)(C)NC. The molecule has 1 aromatic carbocycles. The topological polar surface area (TPSA) is 33.3 Å². The third kappa shape index (κ3) is 2.85. The Morgan fingerprint density at radius 3 is 2.11 bits per heavy atom. The minimum atomic E-state index is -0.0519. The molecule has 18 heavy (non-hydrogen) atoms. The lowest BCUT2D eigenvalue weighted by Crippen LogP contribution is -2.47. The molecule has 102 valence electrons. The van der Waals surface area contributed by atoms with Gasteiger partial charge in [-0.2, -0.15) is 0 Å². The second kappa shape index (κ2) is 5.72. The molecular weight excluding hydrogens is 224 g/mol. The summed E-state index contributed by atoms with van der Waals surface area (Å²) in [5.74, 6) is 0.945. The van der Waals surface area contributed by atoms with E-state index in [0.717, 1.165) is 5.75 Å². The Hall–Kier alpha value is -1.06. The maximum Gasteiger partial charge on any atom is 0.123 e. The fourth-order valence-corrected chi connectivity index (χ4v) is 2.26. The number of ether oxygens (including phenoxy) is 1. The van der Waals surface area contributed by atoms with Gasteiger partial charge in [-0.15, -0.1) is 0 Å². The minimum absolute atomic E-state index is 0.0519. The summed E-state index contributed by atoms with van der Waals surface area (Å²) in [6.07, 6.45) is 0. The van der Waals surface area contributed by atoms with Gasteiger partial charge in [0, 0.05) is 11.1 Å². The summed E-state index contributed by atoms with van der Waals surface area (Å²) in [7, 11) is 5.70. The van der Waals surface area contributed by atoms with Crippen LogP contribution >= 0.6 is 0 Å². The normalized spacial score (nSPS) is 13.5. The zero-order chi connectivity index (χ0) is 13.9. The van der Waals surface area contributed by atoms with Gasteiger partial charge in [0.2, 0.25) is 0 Å². The minimum Gasteiger partial charge on any atom is -0.496 e. The molecule has 1 unspecified atom stereocenters. The molecule has 0 heterocycles. The summed E-state index contributed by atoms with van der Waals surface area (Å²) in [6, 6.07) is 4.52. The highest BCUT2D eigenvalue weighted by Crippen LogP contribution is 2.33. The largest absolute Gasteiger partial charge is 0.496 e. The molecule has 1 rings (SSSR count). The van der Waals surface area contributed by atoms with Crippen LogP contribution in [0.1, 0.15) is 36.6 Å². The van der Waals surface area contributed by atoms with Gasteiger partial charge in [0.1, 0.15) is 5.75 Å². The van der Waals surface area contributed by atoms with Crippen molar-refractivity contribution >= 4 is 0 Å². The average molecular weight is 250 g/mol. The van der Waals surface area contributed by atoms with Crippen molar-refractivity contribution < 1.29 is 4.74 Å². The summed E-state index contributed by atoms with van der Waals surface area (Å²) in [4.78, 5) is 0. The van der Waals surface area contributed by atoms with Crippen LogP contribution in [0.15, 0.2) is 12.1 Å². The number of nitrogens with one attached hydrogen (secondary N) is 2. The predicted molar refractivity (Wildman–Crippen MR) is 77.4 cm³/mol. The quantitative estimate of drug-likeness (QED) is 0.842. The molecule has 0 fully saturated rings. The zero-order valence-electron chi connectivity index (χ0n) is 12.6. The molecule has 2 N–H and O–H groups in total. The Bertz CT molecular complexity index is 413. The molecule has 0 bridgehead atoms. The van der Waals surface area contributed by atoms with Crippen molar-refractivity contribution in [1.29, 1.82) is 0 Å². The highest BCUT2D eigenvalue weighted by molar-refractivity contribution is 5.44. The Balaban J connectivity index is 3.33. The highest BCUT2D eigenvalue weighted by atomic mass is 16.5. The first-order chi connectivity index (χ1) is 8.37. The second-order valence-corrected chi connectivity index (χ2v) is 5.37. The molecule has 0 aromatic heterocycles. The third-order valence-corrected chi connectivity index (χ3v) is 3.81. The van der Waals surface area contributed by atoms with Gasteiger partial charge in [-0.25, -0.2) is 0 Å². The third-order valence-electron chi connectivity index (χ3n) is 3.81. The van der Waals surface area contributed by atoms with Crippen LogP contribution in [0.3, 0.4) is 0 Å². The number of likely N-dealkylation sites (N-methyl/N-ethyl adjacent to an activating group) is 2. The van der Waals surface area contributed by atoms with Crippen LogP contribution < -0.4 is 15.4 Å². The summed E-state index contributed by atoms with van der Waals surface area (Å²) in [5, 5.41) is 6.75. The Morgan fingerprint density at radius 2 is 1.67 bits per heavy atom. The Morgan fingerprint density at radius 1 is 1.11 bits per heavy atom. The fourth-order valence-electron chi connectivity index (χ4n) is 2.26. The molecule has 3 heteroatoms. The lowest BCUT2D eigenvalue weighted by Gasteiger charge is -2.35. The number of aryl methyl sites for hydroxylation is 2. The van der Waals surface area contributed by atoms with Crippen LogP contribution in [0.4, 0.5) is 0 Å². The molecule has 0 saturated heterocycles. The van der Waals surface area contributed by atoms with Gasteiger partial charge in [-0.1, -0.05) is 6.07 Å². The standard InChI is InChI=1S/C15H26N2O/c1-10-8-12(13(18-7)9-11(10)2)14(16-5)15(3,4)17-6/h8-9,14,16-17H,1-7H3. The van der Waals surface area contributed by atoms with E-state index in [0.29, 0.717) is 0 Å². The van der Waals surface area contributed by atoms with Crippen LogP contribution in [0.5, 0.6) is 5.75 Å². The first kappa shape index (κ1) is 15.0. The molecule has 0 aliphatic carbocycles. The van der Waals surface area contributed by atoms with E-state index in [9.17, 15) is 0 Å². The Labute approximate surface area is 111 Å². The van der Waals surface area contributed by atoms with Crippen molar-refractivity contribution in [3.8, 4) is 5.75 Å². The summed E-state index contributed by atoms with van der Waals surface area (Å²) < 4.78 is 5.54.